The number of ether oxygens (including phenoxy) is 1. The first-order valence-corrected chi connectivity index (χ1v) is 5.55. The molecule has 2 nitrogen and oxygen atoms in total. The molecule has 0 fully saturated rings. The Kier molecular flexibility index (Phi) is 3.89. The number of nitrogens with two attached hydrogens (primary N) is 1. The van der Waals surface area contributed by atoms with E-state index in [-0.39, 0.29) is 6.61 Å². The molecular formula is C14H13F2NO. The Hall–Kier alpha value is -1.94. The fourth-order valence-corrected chi connectivity index (χ4v) is 1.52. The second-order valence-corrected chi connectivity index (χ2v) is 3.89. The summed E-state index contributed by atoms with van der Waals surface area (Å²) in [6.45, 7) is 0.669. The molecular weight excluding hydrogens is 236 g/mol. The number of halogens is 2. The van der Waals surface area contributed by atoms with Crippen LogP contribution in [0.25, 0.3) is 0 Å². The second-order valence-electron chi connectivity index (χ2n) is 3.89. The highest BCUT2D eigenvalue weighted by Gasteiger charge is 2.03. The highest BCUT2D eigenvalue weighted by atomic mass is 19.2. The minimum absolute atomic E-state index is 0.194. The van der Waals surface area contributed by atoms with Gasteiger partial charge in [-0.05, 0) is 35.4 Å². The third-order valence-electron chi connectivity index (χ3n) is 2.55. The van der Waals surface area contributed by atoms with E-state index in [2.05, 4.69) is 0 Å². The summed E-state index contributed by atoms with van der Waals surface area (Å²) in [6.07, 6.45) is 0. The molecule has 0 heterocycles. The standard InChI is InChI=1S/C14H13F2NO/c15-13-6-3-11(7-14(13)16)9-18-12-4-1-10(8-17)2-5-12/h1-7H,8-9,17H2. The maximum atomic E-state index is 13.0. The monoisotopic (exact) mass is 249 g/mol. The fourth-order valence-electron chi connectivity index (χ4n) is 1.52. The van der Waals surface area contributed by atoms with Gasteiger partial charge in [-0.2, -0.15) is 0 Å². The first kappa shape index (κ1) is 12.5. The van der Waals surface area contributed by atoms with Gasteiger partial charge in [-0.25, -0.2) is 8.78 Å². The zero-order valence-electron chi connectivity index (χ0n) is 9.70. The highest BCUT2D eigenvalue weighted by molar-refractivity contribution is 5.27. The molecule has 2 N–H and O–H groups in total. The van der Waals surface area contributed by atoms with Gasteiger partial charge in [-0.1, -0.05) is 18.2 Å². The van der Waals surface area contributed by atoms with E-state index in [4.69, 9.17) is 10.5 Å². The van der Waals surface area contributed by atoms with Crippen molar-refractivity contribution in [1.82, 2.24) is 0 Å². The molecule has 0 spiro atoms. The molecule has 2 aromatic rings. The molecule has 0 unspecified atom stereocenters. The Morgan fingerprint density at radius 2 is 1.56 bits per heavy atom. The maximum absolute atomic E-state index is 13.0. The zero-order valence-corrected chi connectivity index (χ0v) is 9.70. The van der Waals surface area contributed by atoms with Crippen LogP contribution in [0.15, 0.2) is 42.5 Å². The predicted molar refractivity (Wildman–Crippen MR) is 65.0 cm³/mol. The van der Waals surface area contributed by atoms with E-state index in [0.717, 1.165) is 17.7 Å². The van der Waals surface area contributed by atoms with Gasteiger partial charge < -0.3 is 10.5 Å². The number of benzene rings is 2. The average Bonchev–Trinajstić information content (AvgIpc) is 2.41. The number of hydrogen-bond acceptors (Lipinski definition) is 2. The molecule has 0 saturated carbocycles. The predicted octanol–water partition coefficient (Wildman–Crippen LogP) is 3.00. The molecule has 0 radical (unpaired) electrons. The quantitative estimate of drug-likeness (QED) is 0.904. The van der Waals surface area contributed by atoms with Crippen molar-refractivity contribution >= 4 is 0 Å². The number of hydrogen-bond donors (Lipinski definition) is 1. The molecule has 18 heavy (non-hydrogen) atoms. The minimum Gasteiger partial charge on any atom is -0.489 e. The van der Waals surface area contributed by atoms with Crippen molar-refractivity contribution in [2.24, 2.45) is 5.73 Å². The summed E-state index contributed by atoms with van der Waals surface area (Å²) in [5, 5.41) is 0. The minimum atomic E-state index is -0.866. The van der Waals surface area contributed by atoms with E-state index in [1.807, 2.05) is 12.1 Å². The number of rotatable bonds is 4. The van der Waals surface area contributed by atoms with E-state index in [1.54, 1.807) is 12.1 Å². The van der Waals surface area contributed by atoms with E-state index in [0.29, 0.717) is 17.9 Å². The lowest BCUT2D eigenvalue weighted by molar-refractivity contribution is 0.305. The molecule has 4 heteroatoms. The lowest BCUT2D eigenvalue weighted by Crippen LogP contribution is -1.98. The van der Waals surface area contributed by atoms with Gasteiger partial charge in [0.05, 0.1) is 0 Å². The largest absolute Gasteiger partial charge is 0.489 e. The third-order valence-corrected chi connectivity index (χ3v) is 2.55. The van der Waals surface area contributed by atoms with Crippen LogP contribution >= 0.6 is 0 Å². The van der Waals surface area contributed by atoms with Gasteiger partial charge >= 0.3 is 0 Å². The van der Waals surface area contributed by atoms with E-state index in [1.165, 1.54) is 6.07 Å². The Balaban J connectivity index is 1.99. The van der Waals surface area contributed by atoms with Gasteiger partial charge in [-0.3, -0.25) is 0 Å². The van der Waals surface area contributed by atoms with Crippen molar-refractivity contribution in [2.45, 2.75) is 13.2 Å². The summed E-state index contributed by atoms with van der Waals surface area (Å²) in [7, 11) is 0. The van der Waals surface area contributed by atoms with Crippen LogP contribution in [-0.2, 0) is 13.2 Å². The molecule has 0 amide bonds. The molecule has 2 aromatic carbocycles. The first-order chi connectivity index (χ1) is 8.69. The van der Waals surface area contributed by atoms with Crippen molar-refractivity contribution in [2.75, 3.05) is 0 Å². The molecule has 0 atom stereocenters. The molecule has 2 rings (SSSR count). The van der Waals surface area contributed by atoms with Crippen LogP contribution in [0.4, 0.5) is 8.78 Å². The van der Waals surface area contributed by atoms with Crippen LogP contribution in [0.3, 0.4) is 0 Å². The molecule has 0 aliphatic rings. The van der Waals surface area contributed by atoms with Crippen LogP contribution in [0, 0.1) is 11.6 Å². The Morgan fingerprint density at radius 1 is 0.889 bits per heavy atom. The summed E-state index contributed by atoms with van der Waals surface area (Å²) >= 11 is 0. The Morgan fingerprint density at radius 3 is 2.17 bits per heavy atom. The molecule has 0 aliphatic carbocycles. The van der Waals surface area contributed by atoms with Crippen LogP contribution < -0.4 is 10.5 Å². The van der Waals surface area contributed by atoms with Crippen molar-refractivity contribution in [3.8, 4) is 5.75 Å². The zero-order chi connectivity index (χ0) is 13.0. The average molecular weight is 249 g/mol. The second kappa shape index (κ2) is 5.60. The normalized spacial score (nSPS) is 10.4. The third kappa shape index (κ3) is 3.05. The Labute approximate surface area is 104 Å². The van der Waals surface area contributed by atoms with Gasteiger partial charge in [0.15, 0.2) is 11.6 Å². The lowest BCUT2D eigenvalue weighted by Gasteiger charge is -2.07. The van der Waals surface area contributed by atoms with Crippen LogP contribution in [0.5, 0.6) is 5.75 Å². The van der Waals surface area contributed by atoms with Gasteiger partial charge in [0.1, 0.15) is 12.4 Å². The van der Waals surface area contributed by atoms with E-state index < -0.39 is 11.6 Å². The van der Waals surface area contributed by atoms with Gasteiger partial charge in [0, 0.05) is 6.54 Å². The van der Waals surface area contributed by atoms with Crippen molar-refractivity contribution in [3.05, 3.63) is 65.2 Å². The van der Waals surface area contributed by atoms with Gasteiger partial charge in [0.2, 0.25) is 0 Å². The summed E-state index contributed by atoms with van der Waals surface area (Å²) in [4.78, 5) is 0. The maximum Gasteiger partial charge on any atom is 0.159 e. The summed E-state index contributed by atoms with van der Waals surface area (Å²) in [6, 6.07) is 11.0. The van der Waals surface area contributed by atoms with Crippen LogP contribution in [-0.4, -0.2) is 0 Å². The summed E-state index contributed by atoms with van der Waals surface area (Å²) in [5.41, 5.74) is 7.07. The van der Waals surface area contributed by atoms with Crippen LogP contribution in [0.2, 0.25) is 0 Å². The smallest absolute Gasteiger partial charge is 0.159 e. The Bertz CT molecular complexity index is 526. The molecule has 0 aromatic heterocycles. The van der Waals surface area contributed by atoms with Gasteiger partial charge in [-0.15, -0.1) is 0 Å². The van der Waals surface area contributed by atoms with Gasteiger partial charge in [0.25, 0.3) is 0 Å². The highest BCUT2D eigenvalue weighted by Crippen LogP contribution is 2.15. The first-order valence-electron chi connectivity index (χ1n) is 5.55. The van der Waals surface area contributed by atoms with Crippen molar-refractivity contribution in [1.29, 1.82) is 0 Å². The van der Waals surface area contributed by atoms with Crippen LogP contribution in [0.1, 0.15) is 11.1 Å². The fraction of sp³-hybridized carbons (Fsp3) is 0.143. The lowest BCUT2D eigenvalue weighted by atomic mass is 10.2. The SMILES string of the molecule is NCc1ccc(OCc2ccc(F)c(F)c2)cc1. The molecule has 0 bridgehead atoms. The summed E-state index contributed by atoms with van der Waals surface area (Å²) < 4.78 is 31.1. The molecule has 94 valence electrons. The van der Waals surface area contributed by atoms with Crippen molar-refractivity contribution in [3.63, 3.8) is 0 Å². The van der Waals surface area contributed by atoms with E-state index >= 15 is 0 Å². The topological polar surface area (TPSA) is 35.2 Å². The molecule has 0 saturated heterocycles. The van der Waals surface area contributed by atoms with Crippen molar-refractivity contribution < 1.29 is 13.5 Å². The molecule has 0 aliphatic heterocycles. The van der Waals surface area contributed by atoms with E-state index in [9.17, 15) is 8.78 Å². The summed E-state index contributed by atoms with van der Waals surface area (Å²) in [5.74, 6) is -1.06.